The average Bonchev–Trinajstić information content (AvgIpc) is 3.22. The summed E-state index contributed by atoms with van der Waals surface area (Å²) < 4.78 is 41.0. The van der Waals surface area contributed by atoms with Crippen LogP contribution in [0, 0.1) is 13.8 Å². The maximum Gasteiger partial charge on any atom is 0.343 e. The third-order valence-electron chi connectivity index (χ3n) is 5.23. The molecular formula is C24H24N4O5S. The van der Waals surface area contributed by atoms with Crippen LogP contribution in [0.4, 0.5) is 5.82 Å². The number of carbonyl (C=O) groups excluding carboxylic acids is 1. The van der Waals surface area contributed by atoms with Crippen molar-refractivity contribution in [1.29, 1.82) is 0 Å². The number of esters is 1. The Morgan fingerprint density at radius 2 is 1.88 bits per heavy atom. The molecule has 0 aliphatic rings. The van der Waals surface area contributed by atoms with Gasteiger partial charge in [-0.25, -0.2) is 18.2 Å². The molecule has 10 heteroatoms. The summed E-state index contributed by atoms with van der Waals surface area (Å²) in [4.78, 5) is 17.2. The maximum atomic E-state index is 13.4. The Hall–Kier alpha value is -3.92. The van der Waals surface area contributed by atoms with Gasteiger partial charge in [-0.05, 0) is 56.2 Å². The molecule has 34 heavy (non-hydrogen) atoms. The summed E-state index contributed by atoms with van der Waals surface area (Å²) in [7, 11) is -2.79. The summed E-state index contributed by atoms with van der Waals surface area (Å²) in [5.74, 6) is -0.272. The zero-order valence-electron chi connectivity index (χ0n) is 19.2. The molecule has 0 saturated carbocycles. The molecule has 2 aromatic carbocycles. The third kappa shape index (κ3) is 4.32. The van der Waals surface area contributed by atoms with Crippen molar-refractivity contribution in [3.8, 4) is 11.6 Å². The van der Waals surface area contributed by atoms with Gasteiger partial charge in [0.2, 0.25) is 0 Å². The molecule has 0 bridgehead atoms. The van der Waals surface area contributed by atoms with Gasteiger partial charge in [0.1, 0.15) is 16.2 Å². The van der Waals surface area contributed by atoms with Gasteiger partial charge >= 0.3 is 5.97 Å². The van der Waals surface area contributed by atoms with Gasteiger partial charge in [0.05, 0.1) is 25.4 Å². The van der Waals surface area contributed by atoms with Crippen molar-refractivity contribution in [3.63, 3.8) is 0 Å². The van der Waals surface area contributed by atoms with Gasteiger partial charge in [-0.1, -0.05) is 24.3 Å². The fraction of sp³-hybridized carbons (Fsp3) is 0.208. The topological polar surface area (TPSA) is 112 Å². The number of ether oxygens (including phenoxy) is 2. The number of sulfonamides is 1. The number of aryl methyl sites for hydroxylation is 2. The third-order valence-corrected chi connectivity index (χ3v) is 6.59. The molecule has 1 N–H and O–H groups in total. The number of pyridine rings is 1. The van der Waals surface area contributed by atoms with Gasteiger partial charge in [-0.3, -0.25) is 4.72 Å². The van der Waals surface area contributed by atoms with Crippen molar-refractivity contribution in [3.05, 3.63) is 71.4 Å². The highest BCUT2D eigenvalue weighted by molar-refractivity contribution is 7.92. The Morgan fingerprint density at radius 1 is 1.12 bits per heavy atom. The Kier molecular flexibility index (Phi) is 6.25. The van der Waals surface area contributed by atoms with E-state index < -0.39 is 16.0 Å². The number of nitrogens with zero attached hydrogens (tertiary/aromatic N) is 3. The van der Waals surface area contributed by atoms with E-state index in [0.717, 1.165) is 16.5 Å². The fourth-order valence-corrected chi connectivity index (χ4v) is 4.91. The van der Waals surface area contributed by atoms with Crippen LogP contribution < -0.4 is 9.46 Å². The van der Waals surface area contributed by atoms with Gasteiger partial charge in [0.15, 0.2) is 11.6 Å². The normalized spacial score (nSPS) is 11.4. The minimum atomic E-state index is -4.17. The van der Waals surface area contributed by atoms with Crippen LogP contribution in [-0.2, 0) is 14.8 Å². The number of methoxy groups -OCH3 is 1. The second kappa shape index (κ2) is 9.14. The van der Waals surface area contributed by atoms with Gasteiger partial charge in [-0.2, -0.15) is 9.78 Å². The molecule has 0 aliphatic heterocycles. The SMILES string of the molecule is CCOC(=O)c1cnn(-c2cc(C)c3ccccc3n2)c1NS(=O)(=O)c1cc(C)ccc1OC. The number of benzene rings is 2. The molecule has 2 heterocycles. The van der Waals surface area contributed by atoms with E-state index in [-0.39, 0.29) is 28.6 Å². The number of hydrogen-bond donors (Lipinski definition) is 1. The summed E-state index contributed by atoms with van der Waals surface area (Å²) in [5, 5.41) is 5.23. The minimum absolute atomic E-state index is 0.0374. The zero-order valence-corrected chi connectivity index (χ0v) is 20.0. The zero-order chi connectivity index (χ0) is 24.5. The number of hydrogen-bond acceptors (Lipinski definition) is 7. The standard InChI is InChI=1S/C24H24N4O5S/c1-5-33-24(29)18-14-25-28(22-13-16(3)17-8-6-7-9-19(17)26-22)23(18)27-34(30,31)21-12-15(2)10-11-20(21)32-4/h6-14,27H,5H2,1-4H3. The van der Waals surface area contributed by atoms with Crippen LogP contribution in [0.2, 0.25) is 0 Å². The molecule has 4 rings (SSSR count). The van der Waals surface area contributed by atoms with E-state index in [9.17, 15) is 13.2 Å². The molecule has 0 fully saturated rings. The van der Waals surface area contributed by atoms with Crippen molar-refractivity contribution in [2.24, 2.45) is 0 Å². The van der Waals surface area contributed by atoms with E-state index in [4.69, 9.17) is 9.47 Å². The number of fused-ring (bicyclic) bond motifs is 1. The predicted molar refractivity (Wildman–Crippen MR) is 128 cm³/mol. The number of carbonyl (C=O) groups is 1. The smallest absolute Gasteiger partial charge is 0.343 e. The molecule has 4 aromatic rings. The van der Waals surface area contributed by atoms with E-state index in [0.29, 0.717) is 11.3 Å². The average molecular weight is 481 g/mol. The van der Waals surface area contributed by atoms with E-state index >= 15 is 0 Å². The molecule has 0 amide bonds. The van der Waals surface area contributed by atoms with E-state index in [2.05, 4.69) is 14.8 Å². The van der Waals surface area contributed by atoms with Crippen LogP contribution in [0.1, 0.15) is 28.4 Å². The van der Waals surface area contributed by atoms with Crippen molar-refractivity contribution in [2.75, 3.05) is 18.4 Å². The van der Waals surface area contributed by atoms with Crippen molar-refractivity contribution < 1.29 is 22.7 Å². The highest BCUT2D eigenvalue weighted by Gasteiger charge is 2.27. The summed E-state index contributed by atoms with van der Waals surface area (Å²) in [5.41, 5.74) is 2.32. The lowest BCUT2D eigenvalue weighted by molar-refractivity contribution is 0.0527. The molecule has 0 unspecified atom stereocenters. The molecule has 176 valence electrons. The molecular weight excluding hydrogens is 456 g/mol. The van der Waals surface area contributed by atoms with E-state index in [1.165, 1.54) is 24.1 Å². The van der Waals surface area contributed by atoms with Crippen molar-refractivity contribution in [2.45, 2.75) is 25.7 Å². The number of nitrogens with one attached hydrogen (secondary N) is 1. The molecule has 0 radical (unpaired) electrons. The summed E-state index contributed by atoms with van der Waals surface area (Å²) in [6, 6.07) is 14.2. The van der Waals surface area contributed by atoms with Crippen LogP contribution in [0.25, 0.3) is 16.7 Å². The van der Waals surface area contributed by atoms with Crippen LogP contribution in [-0.4, -0.2) is 42.9 Å². The lowest BCUT2D eigenvalue weighted by atomic mass is 10.1. The van der Waals surface area contributed by atoms with Gasteiger partial charge in [-0.15, -0.1) is 0 Å². The Bertz CT molecular complexity index is 1490. The monoisotopic (exact) mass is 480 g/mol. The summed E-state index contributed by atoms with van der Waals surface area (Å²) >= 11 is 0. The Morgan fingerprint density at radius 3 is 2.62 bits per heavy atom. The summed E-state index contributed by atoms with van der Waals surface area (Å²) in [6.07, 6.45) is 1.26. The van der Waals surface area contributed by atoms with Crippen molar-refractivity contribution >= 4 is 32.7 Å². The molecule has 0 aliphatic carbocycles. The number of aromatic nitrogens is 3. The molecule has 2 aromatic heterocycles. The molecule has 0 atom stereocenters. The first-order valence-electron chi connectivity index (χ1n) is 10.5. The number of para-hydroxylation sites is 1. The second-order valence-corrected chi connectivity index (χ2v) is 9.26. The van der Waals surface area contributed by atoms with Crippen LogP contribution >= 0.6 is 0 Å². The van der Waals surface area contributed by atoms with E-state index in [1.807, 2.05) is 31.2 Å². The van der Waals surface area contributed by atoms with Gasteiger partial charge in [0, 0.05) is 5.39 Å². The van der Waals surface area contributed by atoms with Crippen LogP contribution in [0.15, 0.2) is 59.6 Å². The first-order chi connectivity index (χ1) is 16.2. The Balaban J connectivity index is 1.89. The van der Waals surface area contributed by atoms with Crippen LogP contribution in [0.3, 0.4) is 0 Å². The second-order valence-electron chi connectivity index (χ2n) is 7.61. The highest BCUT2D eigenvalue weighted by atomic mass is 32.2. The highest BCUT2D eigenvalue weighted by Crippen LogP contribution is 2.30. The first kappa shape index (κ1) is 23.2. The van der Waals surface area contributed by atoms with Gasteiger partial charge < -0.3 is 9.47 Å². The van der Waals surface area contributed by atoms with E-state index in [1.54, 1.807) is 32.0 Å². The fourth-order valence-electron chi connectivity index (χ4n) is 3.59. The van der Waals surface area contributed by atoms with Gasteiger partial charge in [0.25, 0.3) is 10.0 Å². The lowest BCUT2D eigenvalue weighted by Crippen LogP contribution is -2.19. The Labute approximate surface area is 197 Å². The number of rotatable bonds is 7. The molecule has 9 nitrogen and oxygen atoms in total. The summed E-state index contributed by atoms with van der Waals surface area (Å²) in [6.45, 7) is 5.48. The maximum absolute atomic E-state index is 13.4. The van der Waals surface area contributed by atoms with Crippen LogP contribution in [0.5, 0.6) is 5.75 Å². The van der Waals surface area contributed by atoms with Crippen molar-refractivity contribution in [1.82, 2.24) is 14.8 Å². The quantitative estimate of drug-likeness (QED) is 0.398. The first-order valence-corrected chi connectivity index (χ1v) is 12.0. The predicted octanol–water partition coefficient (Wildman–Crippen LogP) is 4.02. The number of anilines is 1. The largest absolute Gasteiger partial charge is 0.495 e. The molecule has 0 saturated heterocycles. The lowest BCUT2D eigenvalue weighted by Gasteiger charge is -2.15. The molecule has 0 spiro atoms. The minimum Gasteiger partial charge on any atom is -0.495 e.